The third kappa shape index (κ3) is 1.66. The van der Waals surface area contributed by atoms with Crippen molar-refractivity contribution >= 4 is 22.8 Å². The summed E-state index contributed by atoms with van der Waals surface area (Å²) in [6.07, 6.45) is 0. The standard InChI is InChI=1S/C13H15N5O2/c1-7(2)14-12-16-13-15-8-5-10-11(20-4-3-19-10)6-9(8)18(13)17-12/h5-7H,3-4H2,1-2H3,(H2,14,15,16,17). The molecule has 1 aliphatic heterocycles. The molecule has 7 nitrogen and oxygen atoms in total. The first-order chi connectivity index (χ1) is 9.70. The van der Waals surface area contributed by atoms with E-state index in [1.165, 1.54) is 0 Å². The van der Waals surface area contributed by atoms with E-state index in [0.717, 1.165) is 22.5 Å². The van der Waals surface area contributed by atoms with Gasteiger partial charge in [0, 0.05) is 18.2 Å². The zero-order valence-electron chi connectivity index (χ0n) is 11.3. The van der Waals surface area contributed by atoms with Crippen molar-refractivity contribution in [3.8, 4) is 11.5 Å². The molecule has 0 bridgehead atoms. The Labute approximate surface area is 114 Å². The second-order valence-corrected chi connectivity index (χ2v) is 5.10. The van der Waals surface area contributed by atoms with Crippen molar-refractivity contribution in [1.82, 2.24) is 19.6 Å². The molecule has 0 unspecified atom stereocenters. The van der Waals surface area contributed by atoms with Crippen LogP contribution in [0.5, 0.6) is 11.5 Å². The van der Waals surface area contributed by atoms with E-state index < -0.39 is 0 Å². The number of hydrogen-bond acceptors (Lipinski definition) is 5. The molecule has 0 atom stereocenters. The number of rotatable bonds is 2. The van der Waals surface area contributed by atoms with Gasteiger partial charge in [0.05, 0.1) is 11.0 Å². The minimum atomic E-state index is 0.307. The van der Waals surface area contributed by atoms with Crippen LogP contribution in [0, 0.1) is 0 Å². The van der Waals surface area contributed by atoms with Crippen LogP contribution in [-0.4, -0.2) is 38.8 Å². The van der Waals surface area contributed by atoms with Crippen molar-refractivity contribution < 1.29 is 9.47 Å². The van der Waals surface area contributed by atoms with E-state index in [-0.39, 0.29) is 0 Å². The third-order valence-electron chi connectivity index (χ3n) is 3.16. The van der Waals surface area contributed by atoms with Gasteiger partial charge < -0.3 is 14.8 Å². The van der Waals surface area contributed by atoms with Gasteiger partial charge >= 0.3 is 0 Å². The molecule has 2 aromatic heterocycles. The van der Waals surface area contributed by atoms with Gasteiger partial charge in [-0.2, -0.15) is 4.98 Å². The lowest BCUT2D eigenvalue weighted by Crippen LogP contribution is -2.15. The number of aromatic amines is 1. The molecule has 0 spiro atoms. The molecular formula is C13H15N5O2. The monoisotopic (exact) mass is 273 g/mol. The summed E-state index contributed by atoms with van der Waals surface area (Å²) in [6.45, 7) is 5.27. The van der Waals surface area contributed by atoms with E-state index in [2.05, 4.69) is 34.2 Å². The van der Waals surface area contributed by atoms with Crippen molar-refractivity contribution in [3.63, 3.8) is 0 Å². The highest BCUT2D eigenvalue weighted by atomic mass is 16.6. The van der Waals surface area contributed by atoms with Crippen LogP contribution in [0.4, 0.5) is 5.95 Å². The van der Waals surface area contributed by atoms with E-state index in [4.69, 9.17) is 9.47 Å². The molecule has 3 aromatic rings. The summed E-state index contributed by atoms with van der Waals surface area (Å²) < 4.78 is 13.0. The predicted octanol–water partition coefficient (Wildman–Crippen LogP) is 1.80. The molecule has 7 heteroatoms. The van der Waals surface area contributed by atoms with E-state index in [1.54, 1.807) is 0 Å². The molecular weight excluding hydrogens is 258 g/mol. The van der Waals surface area contributed by atoms with Crippen LogP contribution in [0.3, 0.4) is 0 Å². The molecule has 0 aliphatic carbocycles. The summed E-state index contributed by atoms with van der Waals surface area (Å²) >= 11 is 0. The van der Waals surface area contributed by atoms with Gasteiger partial charge in [-0.1, -0.05) is 0 Å². The molecule has 3 heterocycles. The van der Waals surface area contributed by atoms with Crippen molar-refractivity contribution in [2.75, 3.05) is 18.5 Å². The highest BCUT2D eigenvalue weighted by molar-refractivity contribution is 5.83. The van der Waals surface area contributed by atoms with E-state index in [9.17, 15) is 0 Å². The molecule has 20 heavy (non-hydrogen) atoms. The summed E-state index contributed by atoms with van der Waals surface area (Å²) in [5.41, 5.74) is 1.76. The number of H-pyrrole nitrogens is 1. The average Bonchev–Trinajstić information content (AvgIpc) is 2.92. The lowest BCUT2D eigenvalue weighted by molar-refractivity contribution is 0.172. The molecule has 0 amide bonds. The van der Waals surface area contributed by atoms with Crippen LogP contribution >= 0.6 is 0 Å². The SMILES string of the molecule is CC(C)Nc1nc2nc3cc4c(cc3n2[nH]1)OCCO4. The molecule has 1 aliphatic rings. The van der Waals surface area contributed by atoms with Crippen molar-refractivity contribution in [3.05, 3.63) is 12.1 Å². The molecule has 0 saturated heterocycles. The minimum absolute atomic E-state index is 0.307. The van der Waals surface area contributed by atoms with Gasteiger partial charge in [-0.15, -0.1) is 0 Å². The van der Waals surface area contributed by atoms with E-state index in [0.29, 0.717) is 31.0 Å². The van der Waals surface area contributed by atoms with Crippen LogP contribution in [-0.2, 0) is 0 Å². The quantitative estimate of drug-likeness (QED) is 0.744. The van der Waals surface area contributed by atoms with Gasteiger partial charge in [-0.3, -0.25) is 5.10 Å². The van der Waals surface area contributed by atoms with Crippen molar-refractivity contribution in [1.29, 1.82) is 0 Å². The Morgan fingerprint density at radius 2 is 1.95 bits per heavy atom. The van der Waals surface area contributed by atoms with Crippen LogP contribution < -0.4 is 14.8 Å². The molecule has 1 aromatic carbocycles. The number of nitrogens with zero attached hydrogens (tertiary/aromatic N) is 3. The molecule has 0 fully saturated rings. The van der Waals surface area contributed by atoms with E-state index >= 15 is 0 Å². The highest BCUT2D eigenvalue weighted by Crippen LogP contribution is 2.34. The Morgan fingerprint density at radius 1 is 1.20 bits per heavy atom. The van der Waals surface area contributed by atoms with Crippen LogP contribution in [0.25, 0.3) is 16.8 Å². The topological polar surface area (TPSA) is 76.5 Å². The molecule has 0 radical (unpaired) electrons. The second kappa shape index (κ2) is 4.03. The van der Waals surface area contributed by atoms with Gasteiger partial charge in [0.1, 0.15) is 13.2 Å². The number of ether oxygens (including phenoxy) is 2. The maximum Gasteiger partial charge on any atom is 0.253 e. The Hall–Kier alpha value is -2.44. The zero-order valence-corrected chi connectivity index (χ0v) is 11.3. The normalized spacial score (nSPS) is 14.3. The number of fused-ring (bicyclic) bond motifs is 4. The van der Waals surface area contributed by atoms with Gasteiger partial charge in [0.2, 0.25) is 5.95 Å². The fourth-order valence-electron chi connectivity index (χ4n) is 2.36. The Kier molecular flexibility index (Phi) is 2.29. The number of imidazole rings is 1. The third-order valence-corrected chi connectivity index (χ3v) is 3.16. The van der Waals surface area contributed by atoms with Gasteiger partial charge in [-0.25, -0.2) is 9.50 Å². The Bertz CT molecular complexity index is 789. The number of hydrogen-bond donors (Lipinski definition) is 2. The largest absolute Gasteiger partial charge is 0.486 e. The first-order valence-electron chi connectivity index (χ1n) is 6.65. The number of aromatic nitrogens is 4. The number of benzene rings is 1. The lowest BCUT2D eigenvalue weighted by atomic mass is 10.2. The van der Waals surface area contributed by atoms with Crippen molar-refractivity contribution in [2.45, 2.75) is 19.9 Å². The molecule has 2 N–H and O–H groups in total. The highest BCUT2D eigenvalue weighted by Gasteiger charge is 2.17. The summed E-state index contributed by atoms with van der Waals surface area (Å²) in [7, 11) is 0. The van der Waals surface area contributed by atoms with Gasteiger partial charge in [0.15, 0.2) is 11.5 Å². The van der Waals surface area contributed by atoms with Crippen molar-refractivity contribution in [2.24, 2.45) is 0 Å². The summed E-state index contributed by atoms with van der Waals surface area (Å²) in [5, 5.41) is 6.42. The maximum atomic E-state index is 5.61. The zero-order chi connectivity index (χ0) is 13.7. The number of nitrogens with one attached hydrogen (secondary N) is 2. The fraction of sp³-hybridized carbons (Fsp3) is 0.385. The summed E-state index contributed by atoms with van der Waals surface area (Å²) in [6, 6.07) is 4.13. The minimum Gasteiger partial charge on any atom is -0.486 e. The summed E-state index contributed by atoms with van der Waals surface area (Å²) in [4.78, 5) is 8.92. The molecule has 0 saturated carbocycles. The lowest BCUT2D eigenvalue weighted by Gasteiger charge is -2.17. The van der Waals surface area contributed by atoms with Crippen LogP contribution in [0.15, 0.2) is 12.1 Å². The number of anilines is 1. The Morgan fingerprint density at radius 3 is 2.70 bits per heavy atom. The van der Waals surface area contributed by atoms with Gasteiger partial charge in [0.25, 0.3) is 5.78 Å². The molecule has 4 rings (SSSR count). The first kappa shape index (κ1) is 11.4. The first-order valence-corrected chi connectivity index (χ1v) is 6.65. The van der Waals surface area contributed by atoms with Crippen LogP contribution in [0.2, 0.25) is 0 Å². The Balaban J connectivity index is 1.88. The average molecular weight is 273 g/mol. The molecule has 104 valence electrons. The second-order valence-electron chi connectivity index (χ2n) is 5.10. The smallest absolute Gasteiger partial charge is 0.253 e. The fourth-order valence-corrected chi connectivity index (χ4v) is 2.36. The van der Waals surface area contributed by atoms with Gasteiger partial charge in [-0.05, 0) is 13.8 Å². The van der Waals surface area contributed by atoms with Crippen LogP contribution in [0.1, 0.15) is 13.8 Å². The summed E-state index contributed by atoms with van der Waals surface area (Å²) in [5.74, 6) is 2.83. The van der Waals surface area contributed by atoms with E-state index in [1.807, 2.05) is 16.6 Å². The predicted molar refractivity (Wildman–Crippen MR) is 74.6 cm³/mol. The maximum absolute atomic E-state index is 5.61.